The maximum absolute atomic E-state index is 4.17. The molecule has 0 spiro atoms. The van der Waals surface area contributed by atoms with Crippen molar-refractivity contribution in [3.05, 3.63) is 37.0 Å². The zero-order valence-electron chi connectivity index (χ0n) is 8.52. The van der Waals surface area contributed by atoms with Gasteiger partial charge in [-0.3, -0.25) is 0 Å². The van der Waals surface area contributed by atoms with Crippen LogP contribution in [0.1, 0.15) is 38.5 Å². The molecule has 0 aromatic rings. The summed E-state index contributed by atoms with van der Waals surface area (Å²) >= 11 is 0. The van der Waals surface area contributed by atoms with Gasteiger partial charge in [-0.25, -0.2) is 0 Å². The van der Waals surface area contributed by atoms with E-state index in [0.29, 0.717) is 0 Å². The van der Waals surface area contributed by atoms with Gasteiger partial charge in [0.2, 0.25) is 0 Å². The van der Waals surface area contributed by atoms with Crippen LogP contribution in [0.2, 0.25) is 0 Å². The van der Waals surface area contributed by atoms with Crippen LogP contribution in [0.5, 0.6) is 0 Å². The maximum Gasteiger partial charge on any atom is -0.0206 e. The van der Waals surface area contributed by atoms with E-state index in [1.165, 1.54) is 31.3 Å². The largest absolute Gasteiger partial charge is 0.0996 e. The molecule has 0 radical (unpaired) electrons. The second kappa shape index (κ2) is 5.06. The van der Waals surface area contributed by atoms with E-state index in [9.17, 15) is 0 Å². The fourth-order valence-electron chi connectivity index (χ4n) is 1.96. The zero-order chi connectivity index (χ0) is 9.68. The Morgan fingerprint density at radius 2 is 1.77 bits per heavy atom. The molecule has 0 amide bonds. The highest BCUT2D eigenvalue weighted by molar-refractivity contribution is 5.14. The van der Waals surface area contributed by atoms with Crippen molar-refractivity contribution in [2.75, 3.05) is 0 Å². The van der Waals surface area contributed by atoms with Gasteiger partial charge in [-0.15, -0.1) is 0 Å². The van der Waals surface area contributed by atoms with Crippen LogP contribution >= 0.6 is 0 Å². The molecule has 1 aliphatic rings. The Morgan fingerprint density at radius 3 is 2.31 bits per heavy atom. The van der Waals surface area contributed by atoms with Gasteiger partial charge in [-0.2, -0.15) is 0 Å². The molecule has 72 valence electrons. The van der Waals surface area contributed by atoms with Gasteiger partial charge < -0.3 is 0 Å². The minimum atomic E-state index is 0.803. The molecule has 0 nitrogen and oxygen atoms in total. The average Bonchev–Trinajstić information content (AvgIpc) is 2.66. The lowest BCUT2D eigenvalue weighted by Gasteiger charge is -2.12. The van der Waals surface area contributed by atoms with Gasteiger partial charge in [0.1, 0.15) is 0 Å². The first-order valence-electron chi connectivity index (χ1n) is 5.22. The Kier molecular flexibility index (Phi) is 4.01. The molecular weight excluding hydrogens is 156 g/mol. The van der Waals surface area contributed by atoms with Crippen molar-refractivity contribution in [2.24, 2.45) is 5.92 Å². The molecule has 0 saturated heterocycles. The summed E-state index contributed by atoms with van der Waals surface area (Å²) in [6.45, 7) is 11.8. The highest BCUT2D eigenvalue weighted by Gasteiger charge is 2.17. The lowest BCUT2D eigenvalue weighted by atomic mass is 9.94. The molecule has 0 heteroatoms. The number of hydrogen-bond acceptors (Lipinski definition) is 0. The van der Waals surface area contributed by atoms with Crippen LogP contribution in [0.25, 0.3) is 0 Å². The van der Waals surface area contributed by atoms with Gasteiger partial charge in [0.25, 0.3) is 0 Å². The Bertz CT molecular complexity index is 204. The summed E-state index contributed by atoms with van der Waals surface area (Å²) in [5.41, 5.74) is 2.57. The third-order valence-electron chi connectivity index (χ3n) is 2.99. The van der Waals surface area contributed by atoms with Crippen molar-refractivity contribution in [3.63, 3.8) is 0 Å². The van der Waals surface area contributed by atoms with Gasteiger partial charge in [0.15, 0.2) is 0 Å². The molecule has 1 rings (SSSR count). The van der Waals surface area contributed by atoms with Crippen LogP contribution in [0, 0.1) is 5.92 Å². The second-order valence-electron chi connectivity index (χ2n) is 4.00. The highest BCUT2D eigenvalue weighted by atomic mass is 14.2. The van der Waals surface area contributed by atoms with Crippen LogP contribution in [0.4, 0.5) is 0 Å². The molecule has 0 unspecified atom stereocenters. The molecular formula is C13H20. The van der Waals surface area contributed by atoms with Crippen LogP contribution < -0.4 is 0 Å². The van der Waals surface area contributed by atoms with Crippen LogP contribution in [-0.2, 0) is 0 Å². The van der Waals surface area contributed by atoms with E-state index < -0.39 is 0 Å². The van der Waals surface area contributed by atoms with Crippen molar-refractivity contribution in [2.45, 2.75) is 38.5 Å². The zero-order valence-corrected chi connectivity index (χ0v) is 8.52. The van der Waals surface area contributed by atoms with Crippen molar-refractivity contribution in [3.8, 4) is 0 Å². The van der Waals surface area contributed by atoms with Gasteiger partial charge in [-0.05, 0) is 31.6 Å². The SMILES string of the molecule is C=CC(=C)CCC(=C)C1CCCC1. The van der Waals surface area contributed by atoms with E-state index in [4.69, 9.17) is 0 Å². The van der Waals surface area contributed by atoms with Gasteiger partial charge in [0.05, 0.1) is 0 Å². The van der Waals surface area contributed by atoms with E-state index >= 15 is 0 Å². The predicted octanol–water partition coefficient (Wildman–Crippen LogP) is 4.26. The Labute approximate surface area is 82.0 Å². The maximum atomic E-state index is 4.17. The quantitative estimate of drug-likeness (QED) is 0.434. The fourth-order valence-corrected chi connectivity index (χ4v) is 1.96. The van der Waals surface area contributed by atoms with Crippen LogP contribution in [-0.4, -0.2) is 0 Å². The second-order valence-corrected chi connectivity index (χ2v) is 4.00. The van der Waals surface area contributed by atoms with E-state index in [-0.39, 0.29) is 0 Å². The predicted molar refractivity (Wildman–Crippen MR) is 59.7 cm³/mol. The molecule has 0 aliphatic heterocycles. The molecule has 0 aromatic heterocycles. The van der Waals surface area contributed by atoms with Gasteiger partial charge in [-0.1, -0.05) is 49.8 Å². The summed E-state index contributed by atoms with van der Waals surface area (Å²) in [5.74, 6) is 0.803. The fraction of sp³-hybridized carbons (Fsp3) is 0.538. The average molecular weight is 176 g/mol. The number of hydrogen-bond donors (Lipinski definition) is 0. The lowest BCUT2D eigenvalue weighted by Crippen LogP contribution is -1.97. The molecule has 0 bridgehead atoms. The molecule has 0 heterocycles. The van der Waals surface area contributed by atoms with E-state index in [1.54, 1.807) is 0 Å². The molecule has 0 N–H and O–H groups in total. The van der Waals surface area contributed by atoms with Crippen LogP contribution in [0.15, 0.2) is 37.0 Å². The summed E-state index contributed by atoms with van der Waals surface area (Å²) in [7, 11) is 0. The highest BCUT2D eigenvalue weighted by Crippen LogP contribution is 2.32. The first-order valence-corrected chi connectivity index (χ1v) is 5.22. The molecule has 0 aromatic carbocycles. The van der Waals surface area contributed by atoms with Gasteiger partial charge >= 0.3 is 0 Å². The van der Waals surface area contributed by atoms with Crippen molar-refractivity contribution >= 4 is 0 Å². The monoisotopic (exact) mass is 176 g/mol. The smallest absolute Gasteiger partial charge is 0.0206 e. The Morgan fingerprint density at radius 1 is 1.15 bits per heavy atom. The van der Waals surface area contributed by atoms with Crippen molar-refractivity contribution < 1.29 is 0 Å². The van der Waals surface area contributed by atoms with Crippen molar-refractivity contribution in [1.82, 2.24) is 0 Å². The molecule has 1 aliphatic carbocycles. The number of allylic oxidation sites excluding steroid dienone is 3. The molecule has 0 atom stereocenters. The third-order valence-corrected chi connectivity index (χ3v) is 2.99. The lowest BCUT2D eigenvalue weighted by molar-refractivity contribution is 0.613. The summed E-state index contributed by atoms with van der Waals surface area (Å²) < 4.78 is 0. The van der Waals surface area contributed by atoms with Gasteiger partial charge in [0, 0.05) is 0 Å². The van der Waals surface area contributed by atoms with E-state index in [1.807, 2.05) is 6.08 Å². The first-order chi connectivity index (χ1) is 6.24. The Hall–Kier alpha value is -0.780. The summed E-state index contributed by atoms with van der Waals surface area (Å²) in [5, 5.41) is 0. The normalized spacial score (nSPS) is 17.2. The summed E-state index contributed by atoms with van der Waals surface area (Å²) in [4.78, 5) is 0. The minimum Gasteiger partial charge on any atom is -0.0996 e. The molecule has 13 heavy (non-hydrogen) atoms. The molecule has 1 saturated carbocycles. The minimum absolute atomic E-state index is 0.803. The summed E-state index contributed by atoms with van der Waals surface area (Å²) in [6, 6.07) is 0. The molecule has 1 fully saturated rings. The van der Waals surface area contributed by atoms with E-state index in [2.05, 4.69) is 19.7 Å². The topological polar surface area (TPSA) is 0 Å². The first kappa shape index (κ1) is 10.3. The number of rotatable bonds is 5. The summed E-state index contributed by atoms with van der Waals surface area (Å²) in [6.07, 6.45) is 9.51. The standard InChI is InChI=1S/C13H20/c1-4-11(2)9-10-12(3)13-7-5-6-8-13/h4,13H,1-3,5-10H2. The van der Waals surface area contributed by atoms with E-state index in [0.717, 1.165) is 24.3 Å². The van der Waals surface area contributed by atoms with Crippen LogP contribution in [0.3, 0.4) is 0 Å². The van der Waals surface area contributed by atoms with Crippen molar-refractivity contribution in [1.29, 1.82) is 0 Å². The third kappa shape index (κ3) is 3.22. The Balaban J connectivity index is 2.24.